The summed E-state index contributed by atoms with van der Waals surface area (Å²) in [4.78, 5) is 17.4. The molecule has 0 amide bonds. The molecule has 0 bridgehead atoms. The van der Waals surface area contributed by atoms with Crippen molar-refractivity contribution in [2.45, 2.75) is 73.1 Å². The Morgan fingerprint density at radius 1 is 0.239 bits per heavy atom. The van der Waals surface area contributed by atoms with Crippen molar-refractivity contribution in [3.63, 3.8) is 0 Å². The van der Waals surface area contributed by atoms with Gasteiger partial charge in [-0.1, -0.05) is 217 Å². The maximum absolute atomic E-state index is 8.14. The Bertz CT molecular complexity index is 6570. The summed E-state index contributed by atoms with van der Waals surface area (Å²) < 4.78 is 25.7. The Kier molecular flexibility index (Phi) is 16.3. The molecule has 2 aromatic heterocycles. The van der Waals surface area contributed by atoms with E-state index in [-0.39, 0.29) is 31.0 Å². The van der Waals surface area contributed by atoms with Crippen molar-refractivity contribution in [3.05, 3.63) is 354 Å². The molecule has 9 nitrogen and oxygen atoms in total. The SMILES string of the molecule is Cc1ccccc1N1c2cc3c(cc2B2c4cc5c(cc4Oc4cc(N(c6ccccc6)c6ccccc6)cc1c42)N(c1ccccc1C)c1cc(N(c2ccccc2)c2ccccc2)cc2c1B5c1sc(C(C)(C)C)cc1O2)B1c2sc(C(C)(C)C)cc2Oc2cc(N(c4ccccc4)c4ccccc4)cc(c21)N3c1ccccc1C. The molecule has 0 saturated carbocycles. The fourth-order valence-electron chi connectivity index (χ4n) is 18.8. The van der Waals surface area contributed by atoms with Gasteiger partial charge in [-0.05, 0) is 214 Å². The van der Waals surface area contributed by atoms with Gasteiger partial charge in [-0.3, -0.25) is 0 Å². The van der Waals surface area contributed by atoms with Gasteiger partial charge >= 0.3 is 0 Å². The predicted molar refractivity (Wildman–Crippen MR) is 495 cm³/mol. The van der Waals surface area contributed by atoms with Gasteiger partial charge in [0.2, 0.25) is 0 Å². The first kappa shape index (κ1) is 70.5. The number of hydrogen-bond acceptors (Lipinski definition) is 11. The second-order valence-corrected chi connectivity index (χ2v) is 35.9. The van der Waals surface area contributed by atoms with Gasteiger partial charge in [0.05, 0.1) is 17.1 Å². The zero-order valence-electron chi connectivity index (χ0n) is 66.6. The number of benzene rings is 14. The summed E-state index contributed by atoms with van der Waals surface area (Å²) >= 11 is 3.78. The third-order valence-corrected chi connectivity index (χ3v) is 27.5. The molecule has 14 heteroatoms. The van der Waals surface area contributed by atoms with Gasteiger partial charge in [0.15, 0.2) is 0 Å². The molecule has 562 valence electrons. The number of aryl methyl sites for hydroxylation is 3. The van der Waals surface area contributed by atoms with Crippen LogP contribution >= 0.6 is 22.7 Å². The first-order valence-electron chi connectivity index (χ1n) is 40.5. The van der Waals surface area contributed by atoms with E-state index in [1.165, 1.54) is 35.7 Å². The Labute approximate surface area is 693 Å². The van der Waals surface area contributed by atoms with E-state index in [0.717, 1.165) is 175 Å². The number of hydrogen-bond donors (Lipinski definition) is 0. The van der Waals surface area contributed by atoms with Gasteiger partial charge in [-0.25, -0.2) is 0 Å². The molecule has 6 aliphatic heterocycles. The molecule has 0 saturated heterocycles. The molecular formula is C103H81B3N6O3S2. The number of rotatable bonds is 12. The van der Waals surface area contributed by atoms with E-state index < -0.39 is 0 Å². The molecule has 0 fully saturated rings. The zero-order chi connectivity index (χ0) is 78.9. The van der Waals surface area contributed by atoms with E-state index in [1.807, 2.05) is 22.7 Å². The van der Waals surface area contributed by atoms with Gasteiger partial charge in [-0.2, -0.15) is 0 Å². The van der Waals surface area contributed by atoms with Crippen LogP contribution in [0, 0.1) is 20.8 Å². The Morgan fingerprint density at radius 3 is 0.829 bits per heavy atom. The number of para-hydroxylation sites is 9. The summed E-state index contributed by atoms with van der Waals surface area (Å²) in [6.07, 6.45) is 0. The number of ether oxygens (including phenoxy) is 3. The van der Waals surface area contributed by atoms with Crippen molar-refractivity contribution in [1.82, 2.24) is 0 Å². The van der Waals surface area contributed by atoms with Crippen molar-refractivity contribution in [2.75, 3.05) is 29.4 Å². The standard InChI is InChI=1S/C103H81B3N6O3S2/c1-64-34-28-31-49-80(64)110-83-60-84-77(105-98-87(111(84)81-50-32-29-35-65(81)2)53-74(56-91(98)114-93-62-95(102(4,5)6)116-100(93)105)108(69-41-20-12-21-42-69)70-43-22-13-23-44-70)58-76(83)104-79-59-78-85(61-89(79)113-90-55-73(52-86(110)97(90)104)107(67-37-16-10-17-38-67)68-39-18-11-19-40-68)112(82-51-33-30-36-66(82)3)88-54-75(109(71-45-24-14-25-46-71)72-47-26-15-27-48-72)57-92-99(88)106(78)101-94(115-92)63-96(117-101)103(7,8)9/h10-63H,1-9H3. The first-order chi connectivity index (χ1) is 57.0. The highest BCUT2D eigenvalue weighted by Crippen LogP contribution is 2.55. The minimum absolute atomic E-state index is 0.174. The van der Waals surface area contributed by atoms with Crippen LogP contribution in [-0.2, 0) is 10.8 Å². The average Bonchev–Trinajstić information content (AvgIpc) is 1.43. The van der Waals surface area contributed by atoms with Crippen molar-refractivity contribution in [3.8, 4) is 34.5 Å². The van der Waals surface area contributed by atoms with Crippen LogP contribution in [0.25, 0.3) is 0 Å². The van der Waals surface area contributed by atoms with Crippen molar-refractivity contribution in [1.29, 1.82) is 0 Å². The van der Waals surface area contributed by atoms with E-state index in [2.05, 4.69) is 419 Å². The molecular weight excluding hydrogens is 1470 g/mol. The lowest BCUT2D eigenvalue weighted by molar-refractivity contribution is 0.487. The highest BCUT2D eigenvalue weighted by atomic mass is 32.1. The largest absolute Gasteiger partial charge is 0.458 e. The van der Waals surface area contributed by atoms with Gasteiger partial charge in [-0.15, -0.1) is 22.7 Å². The maximum atomic E-state index is 8.14. The van der Waals surface area contributed by atoms with E-state index >= 15 is 0 Å². The highest BCUT2D eigenvalue weighted by molar-refractivity contribution is 7.29. The zero-order valence-corrected chi connectivity index (χ0v) is 68.3. The molecule has 8 heterocycles. The van der Waals surface area contributed by atoms with Crippen LogP contribution in [0.15, 0.2) is 328 Å². The lowest BCUT2D eigenvalue weighted by Crippen LogP contribution is -2.65. The number of nitrogens with zero attached hydrogens (tertiary/aromatic N) is 6. The Morgan fingerprint density at radius 2 is 0.513 bits per heavy atom. The Hall–Kier alpha value is -13.1. The third-order valence-electron chi connectivity index (χ3n) is 24.2. The van der Waals surface area contributed by atoms with Crippen molar-refractivity contribution < 1.29 is 14.2 Å². The van der Waals surface area contributed by atoms with Crippen molar-refractivity contribution in [2.24, 2.45) is 0 Å². The molecule has 0 spiro atoms. The fourth-order valence-corrected chi connectivity index (χ4v) is 21.4. The fraction of sp³-hybridized carbons (Fsp3) is 0.107. The molecule has 0 unspecified atom stereocenters. The molecule has 117 heavy (non-hydrogen) atoms. The highest BCUT2D eigenvalue weighted by Gasteiger charge is 2.52. The van der Waals surface area contributed by atoms with Gasteiger partial charge in [0, 0.05) is 129 Å². The number of anilines is 18. The molecule has 0 N–H and O–H groups in total. The lowest BCUT2D eigenvalue weighted by Gasteiger charge is -2.45. The number of thiophene rings is 2. The quantitative estimate of drug-likeness (QED) is 0.111. The van der Waals surface area contributed by atoms with Crippen LogP contribution < -0.4 is 91.4 Å². The van der Waals surface area contributed by atoms with Crippen LogP contribution in [0.1, 0.15) is 68.0 Å². The van der Waals surface area contributed by atoms with Crippen LogP contribution in [-0.4, -0.2) is 20.1 Å². The van der Waals surface area contributed by atoms with E-state index in [0.29, 0.717) is 0 Å². The minimum Gasteiger partial charge on any atom is -0.458 e. The number of fused-ring (bicyclic) bond motifs is 12. The normalized spacial score (nSPS) is 13.4. The molecule has 14 aromatic carbocycles. The second-order valence-electron chi connectivity index (χ2n) is 33.7. The summed E-state index contributed by atoms with van der Waals surface area (Å²) in [6.45, 7) is 19.8. The maximum Gasteiger partial charge on any atom is 0.268 e. The molecule has 16 aromatic rings. The summed E-state index contributed by atoms with van der Waals surface area (Å²) in [6, 6.07) is 120. The summed E-state index contributed by atoms with van der Waals surface area (Å²) in [5.41, 5.74) is 29.8. The monoisotopic (exact) mass is 1550 g/mol. The van der Waals surface area contributed by atoms with E-state index in [1.54, 1.807) is 0 Å². The summed E-state index contributed by atoms with van der Waals surface area (Å²) in [5, 5.41) is 0. The third kappa shape index (κ3) is 11.3. The lowest BCUT2D eigenvalue weighted by atomic mass is 9.30. The average molecular weight is 1550 g/mol. The van der Waals surface area contributed by atoms with Crippen molar-refractivity contribution >= 4 is 193 Å². The Balaban J connectivity index is 0.858. The molecule has 0 radical (unpaired) electrons. The smallest absolute Gasteiger partial charge is 0.268 e. The topological polar surface area (TPSA) is 47.1 Å². The van der Waals surface area contributed by atoms with Gasteiger partial charge in [0.1, 0.15) is 34.5 Å². The van der Waals surface area contributed by atoms with E-state index in [9.17, 15) is 0 Å². The summed E-state index contributed by atoms with van der Waals surface area (Å²) in [7, 11) is 0. The van der Waals surface area contributed by atoms with Gasteiger partial charge in [0.25, 0.3) is 20.1 Å². The molecule has 0 atom stereocenters. The molecule has 0 aliphatic carbocycles. The molecule has 22 rings (SSSR count). The predicted octanol–water partition coefficient (Wildman–Crippen LogP) is 23.0. The van der Waals surface area contributed by atoms with Crippen LogP contribution in [0.5, 0.6) is 34.5 Å². The minimum atomic E-state index is -0.387. The van der Waals surface area contributed by atoms with Crippen LogP contribution in [0.3, 0.4) is 0 Å². The van der Waals surface area contributed by atoms with Crippen LogP contribution in [0.2, 0.25) is 0 Å². The first-order valence-corrected chi connectivity index (χ1v) is 42.2. The molecule has 6 aliphatic rings. The summed E-state index contributed by atoms with van der Waals surface area (Å²) in [5.74, 6) is 5.03. The van der Waals surface area contributed by atoms with E-state index in [4.69, 9.17) is 14.2 Å². The van der Waals surface area contributed by atoms with Crippen LogP contribution in [0.4, 0.5) is 102 Å². The van der Waals surface area contributed by atoms with Gasteiger partial charge < -0.3 is 43.6 Å². The second kappa shape index (κ2) is 27.0.